The lowest BCUT2D eigenvalue weighted by atomic mass is 9.89. The minimum Gasteiger partial charge on any atom is -0.386 e. The summed E-state index contributed by atoms with van der Waals surface area (Å²) in [6.07, 6.45) is 14.2. The molecule has 6 rings (SSSR count). The summed E-state index contributed by atoms with van der Waals surface area (Å²) in [6, 6.07) is 3.71. The number of ether oxygens (including phenoxy) is 1. The maximum atomic E-state index is 11.7. The van der Waals surface area contributed by atoms with E-state index in [-0.39, 0.29) is 12.0 Å². The monoisotopic (exact) mass is 536 g/mol. The highest BCUT2D eigenvalue weighted by atomic mass is 35.5. The van der Waals surface area contributed by atoms with Gasteiger partial charge in [0, 0.05) is 31.1 Å². The highest BCUT2D eigenvalue weighted by Gasteiger charge is 2.33. The molecule has 10 heteroatoms. The van der Waals surface area contributed by atoms with Crippen molar-refractivity contribution in [2.75, 3.05) is 6.61 Å². The molecule has 4 heterocycles. The number of nitrogens with one attached hydrogen (secondary N) is 1. The Morgan fingerprint density at radius 2 is 1.89 bits per heavy atom. The second-order valence-corrected chi connectivity index (χ2v) is 11.0. The predicted molar refractivity (Wildman–Crippen MR) is 145 cm³/mol. The molecule has 2 saturated carbocycles. The lowest BCUT2D eigenvalue weighted by Crippen LogP contribution is -2.22. The van der Waals surface area contributed by atoms with Crippen molar-refractivity contribution in [2.24, 2.45) is 11.8 Å². The number of pyridine rings is 2. The Balaban J connectivity index is 1.60. The number of rotatable bonds is 8. The van der Waals surface area contributed by atoms with Crippen LogP contribution in [0.2, 0.25) is 5.02 Å². The number of fused-ring (bicyclic) bond motifs is 1. The smallest absolute Gasteiger partial charge is 0.386 e. The summed E-state index contributed by atoms with van der Waals surface area (Å²) >= 11 is 6.37. The number of H-pyrrole nitrogens is 1. The summed E-state index contributed by atoms with van der Waals surface area (Å²) in [7, 11) is 0. The van der Waals surface area contributed by atoms with Gasteiger partial charge in [0.2, 0.25) is 0 Å². The van der Waals surface area contributed by atoms with E-state index in [0.29, 0.717) is 34.9 Å². The third-order valence-electron chi connectivity index (χ3n) is 7.98. The van der Waals surface area contributed by atoms with Crippen LogP contribution < -0.4 is 5.76 Å². The van der Waals surface area contributed by atoms with Crippen LogP contribution in [0.4, 0.5) is 0 Å². The van der Waals surface area contributed by atoms with Gasteiger partial charge in [-0.3, -0.25) is 4.98 Å². The molecule has 1 atom stereocenters. The van der Waals surface area contributed by atoms with E-state index in [9.17, 15) is 4.79 Å². The standard InChI is InChI=1S/C28H33ClN6O3/c1-2-37-25(18-10-6-7-11-18)26-32-21-13-22(27-33-34-28(36)38-27)31-23(19-12-20(29)15-30-14-19)24(21)35(26)16-17-8-4-3-5-9-17/h12-15,17-18,25H,2-11,16H2,1H3,(H,34,36). The fraction of sp³-hybridized carbons (Fsp3) is 0.536. The maximum Gasteiger partial charge on any atom is 0.434 e. The van der Waals surface area contributed by atoms with Gasteiger partial charge in [-0.1, -0.05) is 43.7 Å². The van der Waals surface area contributed by atoms with Crippen molar-refractivity contribution >= 4 is 22.6 Å². The molecular formula is C28H33ClN6O3. The van der Waals surface area contributed by atoms with Crippen molar-refractivity contribution in [1.82, 2.24) is 29.7 Å². The van der Waals surface area contributed by atoms with Gasteiger partial charge in [-0.15, -0.1) is 5.10 Å². The Morgan fingerprint density at radius 1 is 1.11 bits per heavy atom. The van der Waals surface area contributed by atoms with E-state index in [2.05, 4.69) is 26.7 Å². The minimum absolute atomic E-state index is 0.0874. The summed E-state index contributed by atoms with van der Waals surface area (Å²) in [5.74, 6) is 1.45. The van der Waals surface area contributed by atoms with E-state index >= 15 is 0 Å². The first-order valence-corrected chi connectivity index (χ1v) is 14.2. The lowest BCUT2D eigenvalue weighted by Gasteiger charge is -2.27. The molecule has 2 aliphatic rings. The topological polar surface area (TPSA) is 112 Å². The van der Waals surface area contributed by atoms with Gasteiger partial charge in [0.05, 0.1) is 21.7 Å². The van der Waals surface area contributed by atoms with Crippen LogP contribution in [0.1, 0.15) is 76.6 Å². The molecule has 9 nitrogen and oxygen atoms in total. The van der Waals surface area contributed by atoms with E-state index in [1.54, 1.807) is 12.4 Å². The number of aromatic nitrogens is 6. The number of imidazole rings is 1. The molecule has 1 unspecified atom stereocenters. The second kappa shape index (κ2) is 11.0. The number of nitrogens with zero attached hydrogens (tertiary/aromatic N) is 5. The van der Waals surface area contributed by atoms with E-state index in [4.69, 9.17) is 30.7 Å². The Kier molecular flexibility index (Phi) is 7.30. The van der Waals surface area contributed by atoms with Crippen LogP contribution in [-0.4, -0.2) is 36.3 Å². The third-order valence-corrected chi connectivity index (χ3v) is 8.19. The van der Waals surface area contributed by atoms with Gasteiger partial charge in [0.15, 0.2) is 0 Å². The van der Waals surface area contributed by atoms with E-state index in [1.165, 1.54) is 44.9 Å². The molecule has 0 aromatic carbocycles. The molecule has 0 aliphatic heterocycles. The van der Waals surface area contributed by atoms with Gasteiger partial charge in [-0.2, -0.15) is 0 Å². The number of aromatic amines is 1. The Labute approximate surface area is 226 Å². The molecule has 1 N–H and O–H groups in total. The van der Waals surface area contributed by atoms with Crippen LogP contribution in [0.3, 0.4) is 0 Å². The molecule has 0 spiro atoms. The van der Waals surface area contributed by atoms with Crippen LogP contribution in [0.5, 0.6) is 0 Å². The summed E-state index contributed by atoms with van der Waals surface area (Å²) in [5.41, 5.74) is 3.58. The van der Waals surface area contributed by atoms with Crippen LogP contribution in [0, 0.1) is 11.8 Å². The molecule has 0 bridgehead atoms. The van der Waals surface area contributed by atoms with Gasteiger partial charge in [-0.25, -0.2) is 19.9 Å². The Morgan fingerprint density at radius 3 is 2.61 bits per heavy atom. The molecule has 38 heavy (non-hydrogen) atoms. The summed E-state index contributed by atoms with van der Waals surface area (Å²) in [6.45, 7) is 3.54. The summed E-state index contributed by atoms with van der Waals surface area (Å²) < 4.78 is 14.1. The zero-order chi connectivity index (χ0) is 26.1. The van der Waals surface area contributed by atoms with Crippen LogP contribution in [0.25, 0.3) is 33.9 Å². The van der Waals surface area contributed by atoms with Crippen LogP contribution in [-0.2, 0) is 11.3 Å². The quantitative estimate of drug-likeness (QED) is 0.279. The third kappa shape index (κ3) is 5.01. The van der Waals surface area contributed by atoms with Gasteiger partial charge < -0.3 is 13.7 Å². The minimum atomic E-state index is -0.631. The zero-order valence-electron chi connectivity index (χ0n) is 21.7. The molecule has 4 aromatic heterocycles. The molecule has 2 aliphatic carbocycles. The fourth-order valence-corrected chi connectivity index (χ4v) is 6.43. The fourth-order valence-electron chi connectivity index (χ4n) is 6.26. The van der Waals surface area contributed by atoms with Gasteiger partial charge in [0.1, 0.15) is 17.6 Å². The van der Waals surface area contributed by atoms with Crippen molar-refractivity contribution in [3.8, 4) is 22.8 Å². The first-order valence-electron chi connectivity index (χ1n) is 13.8. The van der Waals surface area contributed by atoms with Crippen molar-refractivity contribution in [3.05, 3.63) is 45.9 Å². The van der Waals surface area contributed by atoms with Gasteiger partial charge in [0.25, 0.3) is 5.89 Å². The van der Waals surface area contributed by atoms with Crippen molar-refractivity contribution in [1.29, 1.82) is 0 Å². The highest BCUT2D eigenvalue weighted by molar-refractivity contribution is 6.30. The second-order valence-electron chi connectivity index (χ2n) is 10.5. The Bertz CT molecular complexity index is 1470. The molecule has 0 radical (unpaired) electrons. The first-order chi connectivity index (χ1) is 18.6. The number of hydrogen-bond acceptors (Lipinski definition) is 7. The first kappa shape index (κ1) is 25.2. The number of hydrogen-bond donors (Lipinski definition) is 1. The van der Waals surface area contributed by atoms with Crippen molar-refractivity contribution in [2.45, 2.75) is 77.4 Å². The highest BCUT2D eigenvalue weighted by Crippen LogP contribution is 2.41. The maximum absolute atomic E-state index is 11.7. The average Bonchev–Trinajstić information content (AvgIpc) is 3.68. The SMILES string of the molecule is CCOC(c1nc2cc(-c3n[nH]c(=O)o3)nc(-c3cncc(Cl)c3)c2n1CC1CCCCC1)C1CCCC1. The van der Waals surface area contributed by atoms with Crippen molar-refractivity contribution in [3.63, 3.8) is 0 Å². The molecule has 200 valence electrons. The normalized spacial score (nSPS) is 17.9. The van der Waals surface area contributed by atoms with Gasteiger partial charge >= 0.3 is 5.76 Å². The van der Waals surface area contributed by atoms with E-state index in [1.807, 2.05) is 12.1 Å². The zero-order valence-corrected chi connectivity index (χ0v) is 22.4. The van der Waals surface area contributed by atoms with E-state index < -0.39 is 5.76 Å². The van der Waals surface area contributed by atoms with Crippen LogP contribution >= 0.6 is 11.6 Å². The number of halogens is 1. The van der Waals surface area contributed by atoms with Gasteiger partial charge in [-0.05, 0) is 56.6 Å². The predicted octanol–water partition coefficient (Wildman–Crippen LogP) is 6.34. The molecule has 4 aromatic rings. The molecule has 0 saturated heterocycles. The lowest BCUT2D eigenvalue weighted by molar-refractivity contribution is 0.0114. The van der Waals surface area contributed by atoms with Crippen LogP contribution in [0.15, 0.2) is 33.7 Å². The van der Waals surface area contributed by atoms with Crippen molar-refractivity contribution < 1.29 is 9.15 Å². The largest absolute Gasteiger partial charge is 0.434 e. The molecule has 2 fully saturated rings. The summed E-state index contributed by atoms with van der Waals surface area (Å²) in [5, 5.41) is 6.88. The van der Waals surface area contributed by atoms with E-state index in [0.717, 1.165) is 41.8 Å². The molecule has 0 amide bonds. The Hall–Kier alpha value is -3.04. The average molecular weight is 537 g/mol. The molecular weight excluding hydrogens is 504 g/mol. The summed E-state index contributed by atoms with van der Waals surface area (Å²) in [4.78, 5) is 26.3.